The number of hydrogen-bond donors (Lipinski definition) is 0. The molecule has 1 heterocycles. The van der Waals surface area contributed by atoms with Crippen LogP contribution in [0.1, 0.15) is 57.7 Å². The molecule has 2 fully saturated rings. The van der Waals surface area contributed by atoms with Gasteiger partial charge in [-0.25, -0.2) is 0 Å². The molecule has 1 aliphatic heterocycles. The van der Waals surface area contributed by atoms with Crippen LogP contribution in [0.2, 0.25) is 0 Å². The van der Waals surface area contributed by atoms with Crippen molar-refractivity contribution < 1.29 is 0 Å². The Hall–Kier alpha value is -0.980. The van der Waals surface area contributed by atoms with Crippen molar-refractivity contribution in [2.24, 2.45) is 17.3 Å². The van der Waals surface area contributed by atoms with Gasteiger partial charge in [0.05, 0.1) is 0 Å². The summed E-state index contributed by atoms with van der Waals surface area (Å²) in [5, 5.41) is 0. The number of benzene rings is 1. The van der Waals surface area contributed by atoms with Crippen molar-refractivity contribution in [3.63, 3.8) is 0 Å². The summed E-state index contributed by atoms with van der Waals surface area (Å²) in [5.74, 6) is 1.55. The molecule has 1 saturated carbocycles. The molecule has 2 aliphatic rings. The van der Waals surface area contributed by atoms with E-state index in [0.29, 0.717) is 17.0 Å². The van der Waals surface area contributed by atoms with Gasteiger partial charge in [-0.3, -0.25) is 0 Å². The van der Waals surface area contributed by atoms with E-state index in [-0.39, 0.29) is 0 Å². The van der Waals surface area contributed by atoms with Gasteiger partial charge in [0.15, 0.2) is 0 Å². The standard InChI is InChI=1S/C20H31N/c1-12-9-13(2)14(3)18(10-12)21-17(6)19(7)11-20(21,8)16(5)15(19)4/h9-10,15-17H,11H2,1-8H3/t15?,16?,17-,19?,20?/m0/s1. The maximum absolute atomic E-state index is 2.77. The summed E-state index contributed by atoms with van der Waals surface area (Å²) in [6.07, 6.45) is 1.33. The Bertz CT molecular complexity index is 590. The monoisotopic (exact) mass is 285 g/mol. The minimum absolute atomic E-state index is 0.304. The zero-order chi connectivity index (χ0) is 15.7. The largest absolute Gasteiger partial charge is 0.362 e. The molecule has 2 bridgehead atoms. The number of aryl methyl sites for hydroxylation is 2. The second-order valence-corrected chi connectivity index (χ2v) is 8.39. The molecule has 0 aromatic heterocycles. The fraction of sp³-hybridized carbons (Fsp3) is 0.700. The fourth-order valence-corrected chi connectivity index (χ4v) is 5.52. The average Bonchev–Trinajstić information content (AvgIpc) is 2.71. The van der Waals surface area contributed by atoms with Crippen molar-refractivity contribution in [1.82, 2.24) is 0 Å². The summed E-state index contributed by atoms with van der Waals surface area (Å²) in [5.41, 5.74) is 6.50. The van der Waals surface area contributed by atoms with Crippen LogP contribution < -0.4 is 4.90 Å². The molecule has 1 aliphatic carbocycles. The van der Waals surface area contributed by atoms with E-state index >= 15 is 0 Å². The van der Waals surface area contributed by atoms with Crippen molar-refractivity contribution in [3.05, 3.63) is 28.8 Å². The topological polar surface area (TPSA) is 3.24 Å². The van der Waals surface area contributed by atoms with E-state index in [4.69, 9.17) is 0 Å². The number of fused-ring (bicyclic) bond motifs is 2. The molecule has 5 atom stereocenters. The zero-order valence-electron chi connectivity index (χ0n) is 15.0. The lowest BCUT2D eigenvalue weighted by Gasteiger charge is -2.51. The van der Waals surface area contributed by atoms with Crippen LogP contribution in [-0.4, -0.2) is 11.6 Å². The number of hydrogen-bond acceptors (Lipinski definition) is 1. The Morgan fingerprint density at radius 2 is 1.62 bits per heavy atom. The molecule has 116 valence electrons. The molecule has 1 nitrogen and oxygen atoms in total. The lowest BCUT2D eigenvalue weighted by atomic mass is 9.71. The van der Waals surface area contributed by atoms with E-state index in [1.807, 2.05) is 0 Å². The van der Waals surface area contributed by atoms with Crippen molar-refractivity contribution >= 4 is 5.69 Å². The third-order valence-electron chi connectivity index (χ3n) is 7.45. The first kappa shape index (κ1) is 14.9. The van der Waals surface area contributed by atoms with Crippen LogP contribution in [0.25, 0.3) is 0 Å². The predicted octanol–water partition coefficient (Wildman–Crippen LogP) is 5.26. The van der Waals surface area contributed by atoms with Gasteiger partial charge in [0, 0.05) is 17.3 Å². The zero-order valence-corrected chi connectivity index (χ0v) is 15.0. The van der Waals surface area contributed by atoms with Crippen molar-refractivity contribution in [1.29, 1.82) is 0 Å². The summed E-state index contributed by atoms with van der Waals surface area (Å²) >= 11 is 0. The van der Waals surface area contributed by atoms with Gasteiger partial charge in [-0.2, -0.15) is 0 Å². The van der Waals surface area contributed by atoms with E-state index in [2.05, 4.69) is 72.4 Å². The van der Waals surface area contributed by atoms with Crippen LogP contribution in [0.15, 0.2) is 12.1 Å². The summed E-state index contributed by atoms with van der Waals surface area (Å²) < 4.78 is 0. The Kier molecular flexibility index (Phi) is 3.04. The molecule has 0 amide bonds. The first-order valence-electron chi connectivity index (χ1n) is 8.50. The highest BCUT2D eigenvalue weighted by Gasteiger charge is 2.65. The molecule has 0 N–H and O–H groups in total. The normalized spacial score (nSPS) is 41.9. The lowest BCUT2D eigenvalue weighted by molar-refractivity contribution is 0.148. The van der Waals surface area contributed by atoms with Crippen molar-refractivity contribution in [2.45, 2.75) is 73.4 Å². The van der Waals surface area contributed by atoms with Gasteiger partial charge < -0.3 is 4.90 Å². The van der Waals surface area contributed by atoms with Crippen LogP contribution in [-0.2, 0) is 0 Å². The Balaban J connectivity index is 2.17. The second-order valence-electron chi connectivity index (χ2n) is 8.39. The number of piperidine rings is 1. The minimum Gasteiger partial charge on any atom is -0.362 e. The van der Waals surface area contributed by atoms with E-state index in [1.165, 1.54) is 28.8 Å². The fourth-order valence-electron chi connectivity index (χ4n) is 5.52. The highest BCUT2D eigenvalue weighted by atomic mass is 15.3. The molecule has 1 aromatic rings. The number of nitrogens with zero attached hydrogens (tertiary/aromatic N) is 1. The van der Waals surface area contributed by atoms with Crippen LogP contribution in [0.4, 0.5) is 5.69 Å². The molecule has 0 radical (unpaired) electrons. The van der Waals surface area contributed by atoms with Crippen LogP contribution in [0.5, 0.6) is 0 Å². The molecule has 1 heteroatoms. The van der Waals surface area contributed by atoms with Crippen molar-refractivity contribution in [2.75, 3.05) is 4.90 Å². The maximum Gasteiger partial charge on any atom is 0.0411 e. The van der Waals surface area contributed by atoms with Gasteiger partial charge in [-0.1, -0.05) is 26.8 Å². The van der Waals surface area contributed by atoms with Crippen LogP contribution in [0.3, 0.4) is 0 Å². The van der Waals surface area contributed by atoms with Crippen LogP contribution in [0, 0.1) is 38.0 Å². The highest BCUT2D eigenvalue weighted by Crippen LogP contribution is 2.64. The Labute approximate surface area is 130 Å². The molecule has 0 spiro atoms. The smallest absolute Gasteiger partial charge is 0.0411 e. The Morgan fingerprint density at radius 1 is 1.00 bits per heavy atom. The second kappa shape index (κ2) is 4.27. The third-order valence-corrected chi connectivity index (χ3v) is 7.45. The molecular formula is C20H31N. The summed E-state index contributed by atoms with van der Waals surface area (Å²) in [7, 11) is 0. The maximum atomic E-state index is 2.77. The van der Waals surface area contributed by atoms with Gasteiger partial charge in [0.2, 0.25) is 0 Å². The van der Waals surface area contributed by atoms with E-state index in [0.717, 1.165) is 11.8 Å². The molecular weight excluding hydrogens is 254 g/mol. The van der Waals surface area contributed by atoms with E-state index < -0.39 is 0 Å². The third kappa shape index (κ3) is 1.69. The quantitative estimate of drug-likeness (QED) is 0.680. The number of anilines is 1. The van der Waals surface area contributed by atoms with Crippen molar-refractivity contribution in [3.8, 4) is 0 Å². The number of rotatable bonds is 1. The molecule has 1 aromatic carbocycles. The average molecular weight is 285 g/mol. The van der Waals surface area contributed by atoms with Gasteiger partial charge in [-0.15, -0.1) is 0 Å². The van der Waals surface area contributed by atoms with Gasteiger partial charge in [0.25, 0.3) is 0 Å². The van der Waals surface area contributed by atoms with E-state index in [9.17, 15) is 0 Å². The Morgan fingerprint density at radius 3 is 2.19 bits per heavy atom. The molecule has 21 heavy (non-hydrogen) atoms. The summed E-state index contributed by atoms with van der Waals surface area (Å²) in [6, 6.07) is 5.34. The summed E-state index contributed by atoms with van der Waals surface area (Å²) in [4.78, 5) is 2.77. The molecule has 1 saturated heterocycles. The summed E-state index contributed by atoms with van der Waals surface area (Å²) in [6.45, 7) is 19.2. The van der Waals surface area contributed by atoms with Gasteiger partial charge in [0.1, 0.15) is 0 Å². The van der Waals surface area contributed by atoms with E-state index in [1.54, 1.807) is 0 Å². The SMILES string of the molecule is Cc1cc(C)c(C)c(N2[C@@H](C)C3(C)CC2(C)C(C)C3C)c1. The van der Waals surface area contributed by atoms with Crippen LogP contribution >= 0.6 is 0 Å². The first-order valence-corrected chi connectivity index (χ1v) is 8.50. The highest BCUT2D eigenvalue weighted by molar-refractivity contribution is 5.62. The van der Waals surface area contributed by atoms with Gasteiger partial charge >= 0.3 is 0 Å². The first-order chi connectivity index (χ1) is 9.63. The minimum atomic E-state index is 0.304. The van der Waals surface area contributed by atoms with Gasteiger partial charge in [-0.05, 0) is 81.0 Å². The molecule has 4 unspecified atom stereocenters. The predicted molar refractivity (Wildman–Crippen MR) is 92.1 cm³/mol. The lowest BCUT2D eigenvalue weighted by Crippen LogP contribution is -2.56. The molecule has 3 rings (SSSR count).